The molecular weight excluding hydrogens is 885 g/mol. The molecule has 1 aliphatic carbocycles. The van der Waals surface area contributed by atoms with Crippen LogP contribution in [0.3, 0.4) is 0 Å². The Kier molecular flexibility index (Phi) is 17.0. The second-order valence-corrected chi connectivity index (χ2v) is 23.2. The molecule has 0 nitrogen and oxygen atoms in total. The average molecular weight is 954 g/mol. The van der Waals surface area contributed by atoms with E-state index in [9.17, 15) is 0 Å². The fourth-order valence-corrected chi connectivity index (χ4v) is 13.7. The second-order valence-electron chi connectivity index (χ2n) is 18.4. The molecule has 67 heavy (non-hydrogen) atoms. The van der Waals surface area contributed by atoms with Gasteiger partial charge < -0.3 is 0 Å². The molecule has 0 saturated heterocycles. The summed E-state index contributed by atoms with van der Waals surface area (Å²) in [6, 6.07) is 50.4. The number of fused-ring (bicyclic) bond motifs is 3. The van der Waals surface area contributed by atoms with Gasteiger partial charge in [0.2, 0.25) is 0 Å². The first kappa shape index (κ1) is 48.6. The Morgan fingerprint density at radius 1 is 0.373 bits per heavy atom. The summed E-state index contributed by atoms with van der Waals surface area (Å²) in [6.07, 6.45) is 22.3. The smallest absolute Gasteiger partial charge is 0.0449 e. The molecule has 0 N–H and O–H groups in total. The summed E-state index contributed by atoms with van der Waals surface area (Å²) >= 11 is 7.59. The maximum absolute atomic E-state index is 3.91. The van der Waals surface area contributed by atoms with E-state index in [4.69, 9.17) is 0 Å². The maximum atomic E-state index is 3.91. The SMILES string of the molecule is C=Cc1ccc(-c2ccc(-c3ccc(-c4ccc5c(c4)C(CCCCCCCC)(CCCCCCCC)c4cc(-c6ccc(C)s6)ccc4-5)s3)s2)cc1.C=Cc1ccc(-c2ccc(C)s2)cc1. The molecule has 1 aliphatic rings. The van der Waals surface area contributed by atoms with Crippen molar-refractivity contribution in [2.75, 3.05) is 0 Å². The fourth-order valence-electron chi connectivity index (χ4n) is 9.88. The van der Waals surface area contributed by atoms with Crippen molar-refractivity contribution in [2.24, 2.45) is 0 Å². The lowest BCUT2D eigenvalue weighted by molar-refractivity contribution is 0.398. The summed E-state index contributed by atoms with van der Waals surface area (Å²) in [6.45, 7) is 16.7. The van der Waals surface area contributed by atoms with Crippen molar-refractivity contribution in [3.05, 3.63) is 179 Å². The molecule has 0 aliphatic heterocycles. The Labute approximate surface area is 418 Å². The van der Waals surface area contributed by atoms with Crippen LogP contribution < -0.4 is 0 Å². The van der Waals surface area contributed by atoms with Gasteiger partial charge in [0.25, 0.3) is 0 Å². The van der Waals surface area contributed by atoms with Gasteiger partial charge in [0.15, 0.2) is 0 Å². The number of thiophene rings is 4. The molecule has 4 heteroatoms. The van der Waals surface area contributed by atoms with E-state index < -0.39 is 0 Å². The molecule has 0 atom stereocenters. The average Bonchev–Trinajstić information content (AvgIpc) is 4.23. The Balaban J connectivity index is 0.000000370. The van der Waals surface area contributed by atoms with Crippen LogP contribution in [0.2, 0.25) is 0 Å². The highest BCUT2D eigenvalue weighted by atomic mass is 32.1. The Morgan fingerprint density at radius 3 is 1.12 bits per heavy atom. The fraction of sp³-hybridized carbons (Fsp3) is 0.302. The van der Waals surface area contributed by atoms with E-state index in [1.54, 1.807) is 11.1 Å². The van der Waals surface area contributed by atoms with Gasteiger partial charge in [-0.15, -0.1) is 45.3 Å². The van der Waals surface area contributed by atoms with Crippen molar-refractivity contribution in [3.8, 4) is 62.6 Å². The van der Waals surface area contributed by atoms with Crippen LogP contribution >= 0.6 is 45.3 Å². The standard InChI is InChI=1S/C50H56S3.C13H12S/c1-5-8-10-12-14-16-32-50(33-17-15-13-11-9-6-2)43-34-39(46-27-18-36(4)51-46)23-25-41(43)42-26-24-40(35-44(42)50)47-29-31-49(53-47)48-30-28-45(52-48)38-21-19-37(7-3)20-22-38;1-3-11-5-7-12(8-6-11)13-9-4-10(2)14-13/h7,18-31,34-35H,3,5-6,8-17,32-33H2,1-2,4H3;3-9H,1H2,2H3. The van der Waals surface area contributed by atoms with Crippen LogP contribution in [0, 0.1) is 13.8 Å². The van der Waals surface area contributed by atoms with Crippen molar-refractivity contribution in [2.45, 2.75) is 123 Å². The maximum Gasteiger partial charge on any atom is 0.0449 e. The number of unbranched alkanes of at least 4 members (excludes halogenated alkanes) is 10. The van der Waals surface area contributed by atoms with E-state index in [2.05, 4.69) is 174 Å². The molecule has 0 bridgehead atoms. The van der Waals surface area contributed by atoms with Crippen LogP contribution in [0.4, 0.5) is 0 Å². The monoisotopic (exact) mass is 952 g/mol. The van der Waals surface area contributed by atoms with Crippen molar-refractivity contribution < 1.29 is 0 Å². The van der Waals surface area contributed by atoms with Gasteiger partial charge in [-0.2, -0.15) is 0 Å². The predicted octanol–water partition coefficient (Wildman–Crippen LogP) is 21.6. The van der Waals surface area contributed by atoms with Crippen LogP contribution in [0.1, 0.15) is 136 Å². The Morgan fingerprint density at radius 2 is 0.716 bits per heavy atom. The minimum atomic E-state index is 0.0579. The van der Waals surface area contributed by atoms with E-state index in [0.717, 1.165) is 5.56 Å². The number of aryl methyl sites for hydroxylation is 2. The number of hydrogen-bond acceptors (Lipinski definition) is 4. The zero-order chi connectivity index (χ0) is 46.6. The van der Waals surface area contributed by atoms with Crippen LogP contribution in [0.25, 0.3) is 74.8 Å². The van der Waals surface area contributed by atoms with Crippen molar-refractivity contribution in [3.63, 3.8) is 0 Å². The predicted molar refractivity (Wildman–Crippen MR) is 303 cm³/mol. The molecule has 0 fully saturated rings. The Hall–Kier alpha value is -4.84. The van der Waals surface area contributed by atoms with Crippen molar-refractivity contribution >= 4 is 57.5 Å². The van der Waals surface area contributed by atoms with Crippen LogP contribution in [-0.4, -0.2) is 0 Å². The van der Waals surface area contributed by atoms with Gasteiger partial charge in [-0.05, 0) is 143 Å². The molecule has 4 aromatic heterocycles. The highest BCUT2D eigenvalue weighted by Crippen LogP contribution is 2.56. The molecule has 0 radical (unpaired) electrons. The number of rotatable bonds is 21. The van der Waals surface area contributed by atoms with Gasteiger partial charge in [0.05, 0.1) is 0 Å². The first-order chi connectivity index (χ1) is 32.8. The first-order valence-corrected chi connectivity index (χ1v) is 28.2. The number of benzene rings is 4. The molecule has 0 saturated carbocycles. The molecule has 0 unspecified atom stereocenters. The van der Waals surface area contributed by atoms with Crippen LogP contribution in [0.5, 0.6) is 0 Å². The van der Waals surface area contributed by atoms with Gasteiger partial charge in [0.1, 0.15) is 0 Å². The van der Waals surface area contributed by atoms with Gasteiger partial charge in [-0.1, -0.05) is 189 Å². The van der Waals surface area contributed by atoms with E-state index in [1.807, 2.05) is 57.5 Å². The van der Waals surface area contributed by atoms with Gasteiger partial charge >= 0.3 is 0 Å². The third-order valence-corrected chi connectivity index (χ3v) is 18.2. The summed E-state index contributed by atoms with van der Waals surface area (Å²) in [5.41, 5.74) is 13.8. The summed E-state index contributed by atoms with van der Waals surface area (Å²) in [4.78, 5) is 10.8. The molecule has 9 rings (SSSR count). The van der Waals surface area contributed by atoms with Gasteiger partial charge in [-0.3, -0.25) is 0 Å². The lowest BCUT2D eigenvalue weighted by Gasteiger charge is -2.33. The quantitative estimate of drug-likeness (QED) is 0.0630. The molecule has 4 heterocycles. The van der Waals surface area contributed by atoms with Gasteiger partial charge in [-0.25, -0.2) is 0 Å². The zero-order valence-corrected chi connectivity index (χ0v) is 43.6. The molecule has 4 aromatic carbocycles. The lowest BCUT2D eigenvalue weighted by Crippen LogP contribution is -2.25. The molecular formula is C63H68S4. The largest absolute Gasteiger partial charge is 0.141 e. The number of hydrogen-bond donors (Lipinski definition) is 0. The molecule has 0 spiro atoms. The molecule has 8 aromatic rings. The lowest BCUT2D eigenvalue weighted by atomic mass is 9.70. The summed E-state index contributed by atoms with van der Waals surface area (Å²) in [5.74, 6) is 0. The molecule has 0 amide bonds. The first-order valence-electron chi connectivity index (χ1n) is 24.9. The van der Waals surface area contributed by atoms with Crippen molar-refractivity contribution in [1.82, 2.24) is 0 Å². The zero-order valence-electron chi connectivity index (χ0n) is 40.3. The normalized spacial score (nSPS) is 12.4. The van der Waals surface area contributed by atoms with E-state index in [0.29, 0.717) is 0 Å². The van der Waals surface area contributed by atoms with Crippen LogP contribution in [-0.2, 0) is 5.41 Å². The third kappa shape index (κ3) is 11.7. The highest BCUT2D eigenvalue weighted by molar-refractivity contribution is 7.25. The third-order valence-electron chi connectivity index (χ3n) is 13.6. The topological polar surface area (TPSA) is 0 Å². The van der Waals surface area contributed by atoms with Crippen molar-refractivity contribution in [1.29, 1.82) is 0 Å². The van der Waals surface area contributed by atoms with Crippen LogP contribution in [0.15, 0.2) is 147 Å². The minimum Gasteiger partial charge on any atom is -0.141 e. The van der Waals surface area contributed by atoms with Gasteiger partial charge in [0, 0.05) is 44.4 Å². The van der Waals surface area contributed by atoms with E-state index in [-0.39, 0.29) is 5.41 Å². The van der Waals surface area contributed by atoms with E-state index in [1.165, 1.54) is 168 Å². The molecule has 344 valence electrons. The summed E-state index contributed by atoms with van der Waals surface area (Å²) in [5, 5.41) is 0. The van der Waals surface area contributed by atoms with E-state index >= 15 is 0 Å². The minimum absolute atomic E-state index is 0.0579. The Bertz CT molecular complexity index is 2820. The summed E-state index contributed by atoms with van der Waals surface area (Å²) in [7, 11) is 0. The second kappa shape index (κ2) is 23.4. The summed E-state index contributed by atoms with van der Waals surface area (Å²) < 4.78 is 0. The highest BCUT2D eigenvalue weighted by Gasteiger charge is 2.42.